The van der Waals surface area contributed by atoms with Crippen molar-refractivity contribution in [2.75, 3.05) is 18.2 Å². The van der Waals surface area contributed by atoms with E-state index >= 15 is 0 Å². The molecule has 5 rings (SSSR count). The van der Waals surface area contributed by atoms with Gasteiger partial charge in [-0.25, -0.2) is 14.4 Å². The van der Waals surface area contributed by atoms with Crippen molar-refractivity contribution >= 4 is 28.4 Å². The number of nitrogens with one attached hydrogen (secondary N) is 1. The topological polar surface area (TPSA) is 108 Å². The molecule has 8 nitrogen and oxygen atoms in total. The van der Waals surface area contributed by atoms with Gasteiger partial charge in [-0.05, 0) is 49.4 Å². The van der Waals surface area contributed by atoms with Gasteiger partial charge in [0.15, 0.2) is 0 Å². The normalized spacial score (nSPS) is 13.8. The minimum absolute atomic E-state index is 0.189. The van der Waals surface area contributed by atoms with Crippen molar-refractivity contribution in [1.82, 2.24) is 19.5 Å². The van der Waals surface area contributed by atoms with Crippen molar-refractivity contribution in [1.29, 1.82) is 0 Å². The second kappa shape index (κ2) is 8.81. The summed E-state index contributed by atoms with van der Waals surface area (Å²) >= 11 is 0. The molecule has 0 bridgehead atoms. The lowest BCUT2D eigenvalue weighted by Gasteiger charge is -2.14. The van der Waals surface area contributed by atoms with Gasteiger partial charge in [0.1, 0.15) is 29.3 Å². The predicted octanol–water partition coefficient (Wildman–Crippen LogP) is 3.86. The van der Waals surface area contributed by atoms with Crippen LogP contribution in [-0.4, -0.2) is 32.5 Å². The van der Waals surface area contributed by atoms with Crippen LogP contribution in [0.2, 0.25) is 0 Å². The number of ether oxygens (including phenoxy) is 1. The Morgan fingerprint density at radius 3 is 2.69 bits per heavy atom. The Morgan fingerprint density at radius 2 is 2.00 bits per heavy atom. The number of nitrogens with two attached hydrogens (primary N) is 1. The molecule has 0 radical (unpaired) electrons. The standard InChI is InChI=1S/C26H23FN6O2/c1-26(9-10-26)33-20(8-5-17-11-18(27)13-29-12-17)21(22-23(28)30-15-31-24(22)33)25(34)32-19-6-3-16(4-7-19)14-35-2/h3-4,6-7,11-13,15H,9-10,14H2,1-2H3,(H,32,34)(H2,28,30,31). The number of rotatable bonds is 5. The summed E-state index contributed by atoms with van der Waals surface area (Å²) in [6, 6.07) is 8.65. The van der Waals surface area contributed by atoms with Crippen LogP contribution in [0.25, 0.3) is 11.0 Å². The number of aromatic nitrogens is 4. The molecule has 176 valence electrons. The van der Waals surface area contributed by atoms with Crippen molar-refractivity contribution in [2.24, 2.45) is 0 Å². The molecule has 35 heavy (non-hydrogen) atoms. The number of nitrogen functional groups attached to an aromatic ring is 1. The van der Waals surface area contributed by atoms with E-state index in [4.69, 9.17) is 10.5 Å². The van der Waals surface area contributed by atoms with E-state index in [2.05, 4.69) is 39.0 Å². The number of benzene rings is 1. The number of fused-ring (bicyclic) bond motifs is 1. The van der Waals surface area contributed by atoms with Crippen LogP contribution in [0.4, 0.5) is 15.9 Å². The van der Waals surface area contributed by atoms with Gasteiger partial charge in [0.25, 0.3) is 5.91 Å². The Balaban J connectivity index is 1.66. The largest absolute Gasteiger partial charge is 0.383 e. The third-order valence-corrected chi connectivity index (χ3v) is 6.07. The summed E-state index contributed by atoms with van der Waals surface area (Å²) in [5.41, 5.74) is 9.24. The Morgan fingerprint density at radius 1 is 1.23 bits per heavy atom. The number of pyridine rings is 1. The van der Waals surface area contributed by atoms with E-state index in [1.807, 2.05) is 16.7 Å². The number of carbonyl (C=O) groups is 1. The summed E-state index contributed by atoms with van der Waals surface area (Å²) in [6.45, 7) is 2.55. The van der Waals surface area contributed by atoms with E-state index in [0.717, 1.165) is 24.6 Å². The minimum Gasteiger partial charge on any atom is -0.383 e. The van der Waals surface area contributed by atoms with Crippen molar-refractivity contribution in [3.05, 3.63) is 77.3 Å². The molecule has 1 saturated carbocycles. The van der Waals surface area contributed by atoms with Crippen LogP contribution in [0.15, 0.2) is 49.1 Å². The maximum Gasteiger partial charge on any atom is 0.259 e. The average Bonchev–Trinajstić information content (AvgIpc) is 3.47. The molecule has 0 atom stereocenters. The highest BCUT2D eigenvalue weighted by atomic mass is 19.1. The Kier molecular flexibility index (Phi) is 5.67. The molecule has 3 aromatic heterocycles. The van der Waals surface area contributed by atoms with E-state index in [9.17, 15) is 9.18 Å². The Hall–Kier alpha value is -4.29. The van der Waals surface area contributed by atoms with Crippen LogP contribution in [0.1, 0.15) is 46.9 Å². The van der Waals surface area contributed by atoms with E-state index in [0.29, 0.717) is 34.6 Å². The van der Waals surface area contributed by atoms with E-state index in [1.54, 1.807) is 19.2 Å². The maximum atomic E-state index is 13.7. The molecule has 3 N–H and O–H groups in total. The summed E-state index contributed by atoms with van der Waals surface area (Å²) in [4.78, 5) is 26.1. The lowest BCUT2D eigenvalue weighted by Crippen LogP contribution is -2.18. The number of amides is 1. The molecule has 1 aliphatic rings. The van der Waals surface area contributed by atoms with Crippen molar-refractivity contribution in [3.8, 4) is 11.8 Å². The van der Waals surface area contributed by atoms with Crippen molar-refractivity contribution < 1.29 is 13.9 Å². The average molecular weight is 471 g/mol. The molecule has 4 aromatic rings. The lowest BCUT2D eigenvalue weighted by atomic mass is 10.1. The van der Waals surface area contributed by atoms with Crippen molar-refractivity contribution in [2.45, 2.75) is 31.9 Å². The van der Waals surface area contributed by atoms with Gasteiger partial charge in [-0.15, -0.1) is 0 Å². The quantitative estimate of drug-likeness (QED) is 0.429. The first-order chi connectivity index (χ1) is 16.9. The third kappa shape index (κ3) is 4.32. The van der Waals surface area contributed by atoms with Gasteiger partial charge in [-0.2, -0.15) is 0 Å². The van der Waals surface area contributed by atoms with Crippen molar-refractivity contribution in [3.63, 3.8) is 0 Å². The maximum absolute atomic E-state index is 13.7. The Labute approximate surface area is 201 Å². The fourth-order valence-electron chi connectivity index (χ4n) is 4.06. The number of anilines is 2. The molecule has 1 amide bonds. The summed E-state index contributed by atoms with van der Waals surface area (Å²) in [7, 11) is 1.63. The second-order valence-electron chi connectivity index (χ2n) is 8.74. The van der Waals surface area contributed by atoms with Crippen LogP contribution in [0.5, 0.6) is 0 Å². The molecular weight excluding hydrogens is 447 g/mol. The fraction of sp³-hybridized carbons (Fsp3) is 0.231. The molecule has 0 saturated heterocycles. The molecule has 9 heteroatoms. The molecular formula is C26H23FN6O2. The number of hydrogen-bond acceptors (Lipinski definition) is 6. The summed E-state index contributed by atoms with van der Waals surface area (Å²) < 4.78 is 20.8. The molecule has 0 spiro atoms. The zero-order chi connectivity index (χ0) is 24.6. The summed E-state index contributed by atoms with van der Waals surface area (Å²) in [5, 5.41) is 3.38. The zero-order valence-corrected chi connectivity index (χ0v) is 19.3. The van der Waals surface area contributed by atoms with Crippen LogP contribution in [0, 0.1) is 17.7 Å². The van der Waals surface area contributed by atoms with Gasteiger partial charge in [0, 0.05) is 30.1 Å². The molecule has 1 aliphatic carbocycles. The monoisotopic (exact) mass is 470 g/mol. The van der Waals surface area contributed by atoms with Crippen LogP contribution in [0.3, 0.4) is 0 Å². The number of halogens is 1. The first-order valence-corrected chi connectivity index (χ1v) is 11.1. The number of hydrogen-bond donors (Lipinski definition) is 2. The molecule has 0 aliphatic heterocycles. The highest BCUT2D eigenvalue weighted by molar-refractivity contribution is 6.16. The van der Waals surface area contributed by atoms with E-state index in [1.165, 1.54) is 18.6 Å². The van der Waals surface area contributed by atoms with Crippen LogP contribution >= 0.6 is 0 Å². The number of nitrogens with zero attached hydrogens (tertiary/aromatic N) is 4. The Bertz CT molecular complexity index is 1500. The third-order valence-electron chi connectivity index (χ3n) is 6.07. The molecule has 1 fully saturated rings. The number of carbonyl (C=O) groups excluding carboxylic acids is 1. The van der Waals surface area contributed by atoms with Gasteiger partial charge in [0.2, 0.25) is 0 Å². The van der Waals surface area contributed by atoms with Gasteiger partial charge >= 0.3 is 0 Å². The summed E-state index contributed by atoms with van der Waals surface area (Å²) in [5.74, 6) is 5.34. The van der Waals surface area contributed by atoms with E-state index in [-0.39, 0.29) is 22.8 Å². The first kappa shape index (κ1) is 22.5. The van der Waals surface area contributed by atoms with Crippen LogP contribution in [-0.2, 0) is 16.9 Å². The number of methoxy groups -OCH3 is 1. The van der Waals surface area contributed by atoms with Gasteiger partial charge < -0.3 is 20.4 Å². The summed E-state index contributed by atoms with van der Waals surface area (Å²) in [6.07, 6.45) is 5.76. The fourth-order valence-corrected chi connectivity index (χ4v) is 4.06. The second-order valence-corrected chi connectivity index (χ2v) is 8.74. The van der Waals surface area contributed by atoms with Gasteiger partial charge in [-0.1, -0.05) is 18.1 Å². The lowest BCUT2D eigenvalue weighted by molar-refractivity contribution is 0.102. The van der Waals surface area contributed by atoms with Gasteiger partial charge in [-0.3, -0.25) is 9.78 Å². The SMILES string of the molecule is COCc1ccc(NC(=O)c2c(C#Cc3cncc(F)c3)n(C3(C)CC3)c3ncnc(N)c23)cc1. The molecule has 1 aromatic carbocycles. The first-order valence-electron chi connectivity index (χ1n) is 11.1. The zero-order valence-electron chi connectivity index (χ0n) is 19.3. The predicted molar refractivity (Wildman–Crippen MR) is 130 cm³/mol. The van der Waals surface area contributed by atoms with E-state index < -0.39 is 5.82 Å². The minimum atomic E-state index is -0.489. The highest BCUT2D eigenvalue weighted by Gasteiger charge is 2.43. The molecule has 0 unspecified atom stereocenters. The van der Waals surface area contributed by atoms with Gasteiger partial charge in [0.05, 0.1) is 23.8 Å². The smallest absolute Gasteiger partial charge is 0.259 e. The molecule has 3 heterocycles. The highest BCUT2D eigenvalue weighted by Crippen LogP contribution is 2.47. The van der Waals surface area contributed by atoms with Crippen LogP contribution < -0.4 is 11.1 Å².